The van der Waals surface area contributed by atoms with E-state index in [0.717, 1.165) is 24.0 Å². The smallest absolute Gasteiger partial charge is 0.338 e. The average molecular weight is 385 g/mol. The minimum Gasteiger partial charge on any atom is -0.452 e. The Hall–Kier alpha value is -2.47. The third-order valence-electron chi connectivity index (χ3n) is 4.44. The van der Waals surface area contributed by atoms with E-state index in [1.54, 1.807) is 24.5 Å². The lowest BCUT2D eigenvalue weighted by molar-refractivity contribution is -0.125. The van der Waals surface area contributed by atoms with Crippen LogP contribution in [0.2, 0.25) is 0 Å². The molecular weight excluding hydrogens is 362 g/mol. The molecule has 1 aliphatic rings. The number of esters is 1. The molecule has 2 aromatic carbocycles. The van der Waals surface area contributed by atoms with Crippen molar-refractivity contribution in [1.82, 2.24) is 5.32 Å². The summed E-state index contributed by atoms with van der Waals surface area (Å²) >= 11 is 0. The van der Waals surface area contributed by atoms with Crippen LogP contribution in [0.1, 0.15) is 40.4 Å². The number of amides is 1. The quantitative estimate of drug-likeness (QED) is 0.709. The highest BCUT2D eigenvalue weighted by Gasteiger charge is 2.33. The molecule has 1 N–H and O–H groups in total. The molecule has 1 fully saturated rings. The van der Waals surface area contributed by atoms with Gasteiger partial charge in [0.05, 0.1) is 11.6 Å². The third kappa shape index (κ3) is 5.76. The Balaban J connectivity index is 1.55. The fourth-order valence-corrected chi connectivity index (χ4v) is 3.66. The highest BCUT2D eigenvalue weighted by atomic mass is 32.2. The topological polar surface area (TPSA) is 72.5 Å². The van der Waals surface area contributed by atoms with Crippen LogP contribution in [0.4, 0.5) is 0 Å². The van der Waals surface area contributed by atoms with Gasteiger partial charge < -0.3 is 10.1 Å². The molecule has 5 nitrogen and oxygen atoms in total. The van der Waals surface area contributed by atoms with E-state index in [2.05, 4.69) is 5.32 Å². The van der Waals surface area contributed by atoms with Crippen molar-refractivity contribution < 1.29 is 18.5 Å². The van der Waals surface area contributed by atoms with Crippen LogP contribution in [-0.4, -0.2) is 28.9 Å². The number of carbonyl (C=O) groups is 2. The molecule has 0 radical (unpaired) electrons. The molecule has 0 saturated heterocycles. The summed E-state index contributed by atoms with van der Waals surface area (Å²) in [6, 6.07) is 16.6. The maximum atomic E-state index is 12.3. The molecule has 3 rings (SSSR count). The highest BCUT2D eigenvalue weighted by molar-refractivity contribution is 7.83. The summed E-state index contributed by atoms with van der Waals surface area (Å²) in [5, 5.41) is 2.98. The van der Waals surface area contributed by atoms with Gasteiger partial charge in [-0.3, -0.25) is 9.00 Å². The van der Waals surface area contributed by atoms with E-state index in [0.29, 0.717) is 17.2 Å². The largest absolute Gasteiger partial charge is 0.452 e. The summed E-state index contributed by atoms with van der Waals surface area (Å²) in [4.78, 5) is 24.5. The van der Waals surface area contributed by atoms with E-state index in [1.165, 1.54) is 0 Å². The minimum absolute atomic E-state index is 0.0414. The predicted octanol–water partition coefficient (Wildman–Crippen LogP) is 2.99. The fraction of sp³-hybridized carbons (Fsp3) is 0.333. The molecule has 0 heterocycles. The van der Waals surface area contributed by atoms with Gasteiger partial charge in [0.25, 0.3) is 5.91 Å². The third-order valence-corrected chi connectivity index (χ3v) is 5.18. The highest BCUT2D eigenvalue weighted by Crippen LogP contribution is 2.40. The van der Waals surface area contributed by atoms with Crippen molar-refractivity contribution in [1.29, 1.82) is 0 Å². The van der Waals surface area contributed by atoms with Gasteiger partial charge in [0.15, 0.2) is 6.61 Å². The zero-order valence-corrected chi connectivity index (χ0v) is 16.0. The maximum Gasteiger partial charge on any atom is 0.338 e. The summed E-state index contributed by atoms with van der Waals surface area (Å²) in [6.07, 6.45) is 3.79. The van der Waals surface area contributed by atoms with Crippen LogP contribution >= 0.6 is 0 Å². The van der Waals surface area contributed by atoms with Gasteiger partial charge in [0.1, 0.15) is 0 Å². The molecule has 0 spiro atoms. The number of hydrogen-bond donors (Lipinski definition) is 1. The average Bonchev–Trinajstić information content (AvgIpc) is 3.49. The molecule has 1 saturated carbocycles. The van der Waals surface area contributed by atoms with Crippen LogP contribution in [0.15, 0.2) is 54.6 Å². The lowest BCUT2D eigenvalue weighted by Gasteiger charge is -2.18. The van der Waals surface area contributed by atoms with Crippen molar-refractivity contribution >= 4 is 22.7 Å². The van der Waals surface area contributed by atoms with Crippen LogP contribution in [0.25, 0.3) is 0 Å². The van der Waals surface area contributed by atoms with Gasteiger partial charge in [-0.05, 0) is 42.0 Å². The van der Waals surface area contributed by atoms with Gasteiger partial charge in [-0.2, -0.15) is 0 Å². The summed E-state index contributed by atoms with van der Waals surface area (Å²) in [5.74, 6) is -0.0491. The summed E-state index contributed by atoms with van der Waals surface area (Å²) in [6.45, 7) is -0.321. The summed E-state index contributed by atoms with van der Waals surface area (Å²) in [5.41, 5.74) is 2.22. The monoisotopic (exact) mass is 385 g/mol. The van der Waals surface area contributed by atoms with Gasteiger partial charge in [-0.1, -0.05) is 42.5 Å². The molecule has 0 bridgehead atoms. The number of nitrogens with one attached hydrogen (secondary N) is 1. The molecular formula is C21H23NO4S. The van der Waals surface area contributed by atoms with Crippen LogP contribution in [0, 0.1) is 5.92 Å². The van der Waals surface area contributed by atoms with E-state index < -0.39 is 16.8 Å². The fourth-order valence-electron chi connectivity index (χ4n) is 3.02. The van der Waals surface area contributed by atoms with Gasteiger partial charge in [-0.15, -0.1) is 0 Å². The molecule has 6 heteroatoms. The molecule has 2 aromatic rings. The van der Waals surface area contributed by atoms with Crippen molar-refractivity contribution in [2.45, 2.75) is 24.6 Å². The molecule has 0 aromatic heterocycles. The second-order valence-electron chi connectivity index (χ2n) is 6.79. The number of ether oxygens (including phenoxy) is 1. The Morgan fingerprint density at radius 1 is 1.15 bits per heavy atom. The summed E-state index contributed by atoms with van der Waals surface area (Å²) < 4.78 is 16.5. The maximum absolute atomic E-state index is 12.3. The lowest BCUT2D eigenvalue weighted by Crippen LogP contribution is -2.33. The Labute approximate surface area is 161 Å². The first kappa shape index (κ1) is 19.3. The van der Waals surface area contributed by atoms with Crippen LogP contribution in [-0.2, 0) is 26.1 Å². The first-order valence-electron chi connectivity index (χ1n) is 8.93. The predicted molar refractivity (Wildman–Crippen MR) is 105 cm³/mol. The van der Waals surface area contributed by atoms with E-state index in [-0.39, 0.29) is 18.6 Å². The normalized spacial score (nSPS) is 15.6. The van der Waals surface area contributed by atoms with Crippen molar-refractivity contribution in [3.05, 3.63) is 71.3 Å². The SMILES string of the molecule is CS(=O)Cc1cccc(C(=O)OCC(=O)NC(c2ccccc2)C2CC2)c1. The van der Waals surface area contributed by atoms with Crippen LogP contribution < -0.4 is 5.32 Å². The molecule has 2 atom stereocenters. The lowest BCUT2D eigenvalue weighted by atomic mass is 10.0. The van der Waals surface area contributed by atoms with E-state index >= 15 is 0 Å². The Kier molecular flexibility index (Phi) is 6.40. The van der Waals surface area contributed by atoms with Crippen LogP contribution in [0.5, 0.6) is 0 Å². The van der Waals surface area contributed by atoms with Crippen molar-refractivity contribution in [2.24, 2.45) is 5.92 Å². The van der Waals surface area contributed by atoms with Gasteiger partial charge >= 0.3 is 5.97 Å². The molecule has 1 aliphatic carbocycles. The zero-order chi connectivity index (χ0) is 19.2. The Bertz CT molecular complexity index is 833. The van der Waals surface area contributed by atoms with Gasteiger partial charge in [0.2, 0.25) is 0 Å². The van der Waals surface area contributed by atoms with E-state index in [4.69, 9.17) is 4.74 Å². The minimum atomic E-state index is -0.989. The van der Waals surface area contributed by atoms with E-state index in [1.807, 2.05) is 36.4 Å². The number of hydrogen-bond acceptors (Lipinski definition) is 4. The number of benzene rings is 2. The standard InChI is InChI=1S/C21H23NO4S/c1-27(25)14-15-6-5-9-18(12-15)21(24)26-13-19(23)22-20(17-10-11-17)16-7-3-2-4-8-16/h2-9,12,17,20H,10-11,13-14H2,1H3,(H,22,23). The molecule has 142 valence electrons. The first-order chi connectivity index (χ1) is 13.0. The molecule has 0 aliphatic heterocycles. The van der Waals surface area contributed by atoms with E-state index in [9.17, 15) is 13.8 Å². The van der Waals surface area contributed by atoms with Gasteiger partial charge in [0, 0.05) is 22.8 Å². The molecule has 1 amide bonds. The Morgan fingerprint density at radius 3 is 2.56 bits per heavy atom. The van der Waals surface area contributed by atoms with Crippen molar-refractivity contribution in [2.75, 3.05) is 12.9 Å². The zero-order valence-electron chi connectivity index (χ0n) is 15.2. The summed E-state index contributed by atoms with van der Waals surface area (Å²) in [7, 11) is -0.989. The van der Waals surface area contributed by atoms with Crippen LogP contribution in [0.3, 0.4) is 0 Å². The van der Waals surface area contributed by atoms with Gasteiger partial charge in [-0.25, -0.2) is 4.79 Å². The Morgan fingerprint density at radius 2 is 1.89 bits per heavy atom. The first-order valence-corrected chi connectivity index (χ1v) is 10.7. The second kappa shape index (κ2) is 8.95. The number of carbonyl (C=O) groups excluding carboxylic acids is 2. The van der Waals surface area contributed by atoms with Crippen molar-refractivity contribution in [3.8, 4) is 0 Å². The van der Waals surface area contributed by atoms with Crippen molar-refractivity contribution in [3.63, 3.8) is 0 Å². The second-order valence-corrected chi connectivity index (χ2v) is 8.22. The molecule has 27 heavy (non-hydrogen) atoms. The molecule has 2 unspecified atom stereocenters. The number of rotatable bonds is 8.